The van der Waals surface area contributed by atoms with Gasteiger partial charge in [0.15, 0.2) is 0 Å². The highest BCUT2D eigenvalue weighted by atomic mass is 14.7. The average Bonchev–Trinajstić information content (AvgIpc) is 3.31. The number of nitrogens with zero attached hydrogens (tertiary/aromatic N) is 1. The molecule has 39 heavy (non-hydrogen) atoms. The van der Waals surface area contributed by atoms with E-state index >= 15 is 0 Å². The summed E-state index contributed by atoms with van der Waals surface area (Å²) in [6.07, 6.45) is 15.3. The molecule has 6 aliphatic carbocycles. The summed E-state index contributed by atoms with van der Waals surface area (Å²) in [5.41, 5.74) is 15.9. The Morgan fingerprint density at radius 3 is 2.33 bits per heavy atom. The molecule has 4 bridgehead atoms. The lowest BCUT2D eigenvalue weighted by Crippen LogP contribution is -2.24. The fraction of sp³-hybridized carbons (Fsp3) is 0.447. The van der Waals surface area contributed by atoms with Crippen LogP contribution >= 0.6 is 0 Å². The summed E-state index contributed by atoms with van der Waals surface area (Å²) in [5, 5.41) is 0. The minimum Gasteiger partial charge on any atom is -0.256 e. The maximum absolute atomic E-state index is 5.06. The van der Waals surface area contributed by atoms with Gasteiger partial charge < -0.3 is 0 Å². The second-order valence-electron chi connectivity index (χ2n) is 13.9. The Bertz CT molecular complexity index is 1540. The van der Waals surface area contributed by atoms with Crippen LogP contribution in [0.1, 0.15) is 111 Å². The van der Waals surface area contributed by atoms with Gasteiger partial charge in [-0.15, -0.1) is 0 Å². The molecule has 3 aromatic rings. The molecule has 1 nitrogen and oxygen atoms in total. The molecule has 2 aromatic carbocycles. The van der Waals surface area contributed by atoms with E-state index in [1.807, 2.05) is 0 Å². The molecule has 0 spiro atoms. The molecule has 6 atom stereocenters. The number of benzene rings is 2. The zero-order valence-corrected chi connectivity index (χ0v) is 24.0. The maximum atomic E-state index is 5.06. The Labute approximate surface area is 234 Å². The first-order valence-electron chi connectivity index (χ1n) is 15.6. The molecular weight excluding hydrogens is 470 g/mol. The van der Waals surface area contributed by atoms with E-state index in [1.54, 1.807) is 22.3 Å². The van der Waals surface area contributed by atoms with Gasteiger partial charge in [-0.2, -0.15) is 0 Å². The Hall–Kier alpha value is -2.93. The number of aryl methyl sites for hydroxylation is 1. The van der Waals surface area contributed by atoms with Gasteiger partial charge in [0.25, 0.3) is 0 Å². The second-order valence-corrected chi connectivity index (χ2v) is 13.9. The average molecular weight is 512 g/mol. The van der Waals surface area contributed by atoms with Crippen molar-refractivity contribution in [3.8, 4) is 22.4 Å². The molecule has 3 saturated carbocycles. The predicted molar refractivity (Wildman–Crippen MR) is 162 cm³/mol. The summed E-state index contributed by atoms with van der Waals surface area (Å²) in [5.74, 6) is 5.08. The number of allylic oxidation sites excluding steroid dienone is 4. The van der Waals surface area contributed by atoms with Crippen molar-refractivity contribution in [2.24, 2.45) is 17.8 Å². The van der Waals surface area contributed by atoms with E-state index in [4.69, 9.17) is 4.98 Å². The van der Waals surface area contributed by atoms with Crippen molar-refractivity contribution in [2.75, 3.05) is 0 Å². The minimum absolute atomic E-state index is 0.499. The topological polar surface area (TPSA) is 12.9 Å². The third-order valence-electron chi connectivity index (χ3n) is 11.3. The molecule has 0 aliphatic heterocycles. The van der Waals surface area contributed by atoms with Crippen molar-refractivity contribution in [3.63, 3.8) is 0 Å². The third-order valence-corrected chi connectivity index (χ3v) is 11.3. The largest absolute Gasteiger partial charge is 0.256 e. The number of hydrogen-bond donors (Lipinski definition) is 0. The minimum atomic E-state index is 0.499. The molecule has 1 heterocycles. The maximum Gasteiger partial charge on any atom is 0.0705 e. The SMILES string of the molecule is Cc1cc(-c2ccc3c(c2)C(C)CC2CC(=CC3C)C2)ncc1-c1ccc2c(c1)C(C)/C=C1/CC3CC2CC13. The van der Waals surface area contributed by atoms with Crippen molar-refractivity contribution >= 4 is 0 Å². The first-order chi connectivity index (χ1) is 18.9. The van der Waals surface area contributed by atoms with Gasteiger partial charge in [-0.05, 0) is 132 Å². The van der Waals surface area contributed by atoms with Gasteiger partial charge in [0.05, 0.1) is 5.69 Å². The first kappa shape index (κ1) is 23.9. The lowest BCUT2D eigenvalue weighted by Gasteiger charge is -2.35. The Balaban J connectivity index is 1.13. The molecule has 0 N–H and O–H groups in total. The van der Waals surface area contributed by atoms with Crippen LogP contribution in [0.2, 0.25) is 0 Å². The molecule has 0 radical (unpaired) electrons. The van der Waals surface area contributed by atoms with Crippen LogP contribution in [-0.4, -0.2) is 4.98 Å². The van der Waals surface area contributed by atoms with E-state index in [0.29, 0.717) is 17.8 Å². The summed E-state index contributed by atoms with van der Waals surface area (Å²) in [6.45, 7) is 9.49. The summed E-state index contributed by atoms with van der Waals surface area (Å²) in [7, 11) is 0. The van der Waals surface area contributed by atoms with E-state index in [9.17, 15) is 0 Å². The number of fused-ring (bicyclic) bond motifs is 5. The van der Waals surface area contributed by atoms with Crippen LogP contribution in [0.3, 0.4) is 0 Å². The first-order valence-corrected chi connectivity index (χ1v) is 15.6. The Morgan fingerprint density at radius 1 is 0.718 bits per heavy atom. The Morgan fingerprint density at radius 2 is 1.49 bits per heavy atom. The van der Waals surface area contributed by atoms with E-state index in [2.05, 4.69) is 88.5 Å². The van der Waals surface area contributed by atoms with E-state index in [1.165, 1.54) is 71.9 Å². The van der Waals surface area contributed by atoms with Crippen LogP contribution in [0, 0.1) is 24.7 Å². The van der Waals surface area contributed by atoms with E-state index in [0.717, 1.165) is 29.4 Å². The number of aromatic nitrogens is 1. The van der Waals surface area contributed by atoms with Crippen molar-refractivity contribution in [2.45, 2.75) is 89.9 Å². The van der Waals surface area contributed by atoms with E-state index < -0.39 is 0 Å². The van der Waals surface area contributed by atoms with Gasteiger partial charge in [0, 0.05) is 17.3 Å². The normalized spacial score (nSPS) is 33.4. The molecule has 6 unspecified atom stereocenters. The highest BCUT2D eigenvalue weighted by Crippen LogP contribution is 2.59. The van der Waals surface area contributed by atoms with Crippen molar-refractivity contribution < 1.29 is 0 Å². The Kier molecular flexibility index (Phi) is 5.39. The monoisotopic (exact) mass is 511 g/mol. The van der Waals surface area contributed by atoms with Crippen molar-refractivity contribution in [3.05, 3.63) is 99.8 Å². The van der Waals surface area contributed by atoms with Gasteiger partial charge in [0.2, 0.25) is 0 Å². The van der Waals surface area contributed by atoms with Crippen molar-refractivity contribution in [1.29, 1.82) is 0 Å². The summed E-state index contributed by atoms with van der Waals surface area (Å²) in [4.78, 5) is 5.06. The number of pyridine rings is 1. The van der Waals surface area contributed by atoms with Gasteiger partial charge in [-0.3, -0.25) is 4.98 Å². The van der Waals surface area contributed by atoms with Crippen LogP contribution in [0.25, 0.3) is 22.4 Å². The molecule has 0 amide bonds. The third kappa shape index (κ3) is 3.83. The number of rotatable bonds is 2. The zero-order valence-electron chi connectivity index (χ0n) is 24.0. The zero-order chi connectivity index (χ0) is 26.4. The van der Waals surface area contributed by atoms with Gasteiger partial charge in [-0.25, -0.2) is 0 Å². The van der Waals surface area contributed by atoms with Gasteiger partial charge >= 0.3 is 0 Å². The second kappa shape index (κ2) is 8.79. The van der Waals surface area contributed by atoms with Gasteiger partial charge in [0.1, 0.15) is 0 Å². The smallest absolute Gasteiger partial charge is 0.0705 e. The lowest BCUT2D eigenvalue weighted by molar-refractivity contribution is 0.324. The quantitative estimate of drug-likeness (QED) is 0.312. The van der Waals surface area contributed by atoms with Crippen LogP contribution in [0.4, 0.5) is 0 Å². The van der Waals surface area contributed by atoms with Crippen LogP contribution in [0.5, 0.6) is 0 Å². The molecule has 198 valence electrons. The predicted octanol–water partition coefficient (Wildman–Crippen LogP) is 10.2. The van der Waals surface area contributed by atoms with Crippen LogP contribution < -0.4 is 0 Å². The summed E-state index contributed by atoms with van der Waals surface area (Å²) >= 11 is 0. The standard InChI is InChI=1S/C38H41N/c1-21-9-25-13-26(14-25)10-22(2)34-18-28(6-7-32(21)34)38-12-24(4)37(20-39-38)27-5-8-33-31-16-30-15-29(36(30)19-31)11-23(3)35(33)17-27/h5-9,11-12,17-18,20-23,26,30-31,36H,10,13-16,19H2,1-4H3/b25-9?,29-11-. The van der Waals surface area contributed by atoms with Gasteiger partial charge in [-0.1, -0.05) is 74.4 Å². The molecule has 3 fully saturated rings. The molecule has 6 aliphatic rings. The molecular formula is C38H41N. The number of hydrogen-bond acceptors (Lipinski definition) is 1. The van der Waals surface area contributed by atoms with Crippen LogP contribution in [-0.2, 0) is 0 Å². The fourth-order valence-electron chi connectivity index (χ4n) is 9.11. The molecule has 9 rings (SSSR count). The molecule has 1 aromatic heterocycles. The van der Waals surface area contributed by atoms with E-state index in [-0.39, 0.29) is 0 Å². The van der Waals surface area contributed by atoms with Crippen LogP contribution in [0.15, 0.2) is 72.0 Å². The fourth-order valence-corrected chi connectivity index (χ4v) is 9.11. The summed E-state index contributed by atoms with van der Waals surface area (Å²) in [6, 6.07) is 16.8. The lowest BCUT2D eigenvalue weighted by atomic mass is 9.70. The highest BCUT2D eigenvalue weighted by molar-refractivity contribution is 5.72. The summed E-state index contributed by atoms with van der Waals surface area (Å²) < 4.78 is 0. The highest BCUT2D eigenvalue weighted by Gasteiger charge is 2.46. The van der Waals surface area contributed by atoms with Crippen molar-refractivity contribution in [1.82, 2.24) is 4.98 Å². The molecule has 1 heteroatoms. The molecule has 0 saturated heterocycles.